The van der Waals surface area contributed by atoms with Crippen LogP contribution in [0.2, 0.25) is 0 Å². The molecule has 1 unspecified atom stereocenters. The van der Waals surface area contributed by atoms with Crippen molar-refractivity contribution in [1.29, 1.82) is 10.5 Å². The standard InChI is InChI=1S/C17H20N2O2/c1-17(2,10-6-9-15(20)21)16(14(11-18)12-19)13-7-4-3-5-8-13/h3-5,7-8,14,16H,6,9-10H2,1-2H3,(H,20,21). The van der Waals surface area contributed by atoms with Crippen molar-refractivity contribution in [2.24, 2.45) is 11.3 Å². The SMILES string of the molecule is CC(C)(CCCC(=O)O)C(c1ccccc1)C(C#N)C#N. The van der Waals surface area contributed by atoms with E-state index in [1.807, 2.05) is 44.2 Å². The molecular formula is C17H20N2O2. The molecule has 4 nitrogen and oxygen atoms in total. The van der Waals surface area contributed by atoms with Gasteiger partial charge in [0.05, 0.1) is 12.1 Å². The lowest BCUT2D eigenvalue weighted by atomic mass is 9.67. The first-order valence-electron chi connectivity index (χ1n) is 6.98. The van der Waals surface area contributed by atoms with Crippen LogP contribution in [-0.2, 0) is 4.79 Å². The summed E-state index contributed by atoms with van der Waals surface area (Å²) < 4.78 is 0. The molecule has 0 aliphatic rings. The number of benzene rings is 1. The predicted octanol–water partition coefficient (Wildman–Crippen LogP) is 3.71. The van der Waals surface area contributed by atoms with Crippen molar-refractivity contribution in [3.8, 4) is 12.1 Å². The van der Waals surface area contributed by atoms with Crippen molar-refractivity contribution in [3.05, 3.63) is 35.9 Å². The minimum Gasteiger partial charge on any atom is -0.481 e. The van der Waals surface area contributed by atoms with Crippen LogP contribution >= 0.6 is 0 Å². The number of aliphatic carboxylic acids is 1. The number of carboxylic acids is 1. The van der Waals surface area contributed by atoms with Crippen molar-refractivity contribution in [3.63, 3.8) is 0 Å². The fourth-order valence-corrected chi connectivity index (χ4v) is 2.78. The van der Waals surface area contributed by atoms with Gasteiger partial charge in [-0.3, -0.25) is 4.79 Å². The van der Waals surface area contributed by atoms with Gasteiger partial charge in [-0.15, -0.1) is 0 Å². The number of carboxylic acid groups (broad SMARTS) is 1. The second-order valence-electron chi connectivity index (χ2n) is 5.86. The van der Waals surface area contributed by atoms with Gasteiger partial charge in [-0.05, 0) is 23.8 Å². The molecule has 1 atom stereocenters. The lowest BCUT2D eigenvalue weighted by Gasteiger charge is -2.35. The molecule has 0 saturated carbocycles. The fraction of sp³-hybridized carbons (Fsp3) is 0.471. The van der Waals surface area contributed by atoms with E-state index in [1.165, 1.54) is 0 Å². The third kappa shape index (κ3) is 4.61. The number of hydrogen-bond acceptors (Lipinski definition) is 3. The van der Waals surface area contributed by atoms with E-state index >= 15 is 0 Å². The van der Waals surface area contributed by atoms with E-state index in [0.717, 1.165) is 5.56 Å². The van der Waals surface area contributed by atoms with E-state index in [-0.39, 0.29) is 17.8 Å². The monoisotopic (exact) mass is 284 g/mol. The average molecular weight is 284 g/mol. The summed E-state index contributed by atoms with van der Waals surface area (Å²) in [6, 6.07) is 13.7. The first-order valence-corrected chi connectivity index (χ1v) is 6.98. The molecule has 0 aliphatic carbocycles. The first-order chi connectivity index (χ1) is 9.92. The highest BCUT2D eigenvalue weighted by molar-refractivity contribution is 5.66. The van der Waals surface area contributed by atoms with Crippen LogP contribution in [0.5, 0.6) is 0 Å². The molecule has 0 amide bonds. The van der Waals surface area contributed by atoms with Gasteiger partial charge in [-0.2, -0.15) is 10.5 Å². The largest absolute Gasteiger partial charge is 0.481 e. The molecule has 0 radical (unpaired) electrons. The molecule has 1 aromatic carbocycles. The number of carbonyl (C=O) groups is 1. The van der Waals surface area contributed by atoms with Crippen molar-refractivity contribution < 1.29 is 9.90 Å². The maximum absolute atomic E-state index is 10.7. The highest BCUT2D eigenvalue weighted by atomic mass is 16.4. The molecule has 0 heterocycles. The molecule has 0 bridgehead atoms. The second kappa shape index (κ2) is 7.45. The topological polar surface area (TPSA) is 84.9 Å². The van der Waals surface area contributed by atoms with Crippen molar-refractivity contribution >= 4 is 5.97 Å². The van der Waals surface area contributed by atoms with Crippen LogP contribution < -0.4 is 0 Å². The third-order valence-electron chi connectivity index (χ3n) is 3.82. The molecule has 1 aromatic rings. The summed E-state index contributed by atoms with van der Waals surface area (Å²) in [6.07, 6.45) is 1.29. The van der Waals surface area contributed by atoms with Gasteiger partial charge in [-0.25, -0.2) is 0 Å². The summed E-state index contributed by atoms with van der Waals surface area (Å²) in [5.41, 5.74) is 0.623. The smallest absolute Gasteiger partial charge is 0.303 e. The van der Waals surface area contributed by atoms with Crippen LogP contribution in [0.1, 0.15) is 44.6 Å². The molecular weight excluding hydrogens is 264 g/mol. The Morgan fingerprint density at radius 3 is 2.29 bits per heavy atom. The second-order valence-corrected chi connectivity index (χ2v) is 5.86. The van der Waals surface area contributed by atoms with E-state index < -0.39 is 11.9 Å². The van der Waals surface area contributed by atoms with E-state index in [9.17, 15) is 15.3 Å². The molecule has 4 heteroatoms. The summed E-state index contributed by atoms with van der Waals surface area (Å²) in [4.78, 5) is 10.7. The Kier molecular flexibility index (Phi) is 5.93. The van der Waals surface area contributed by atoms with Crippen LogP contribution in [0.25, 0.3) is 0 Å². The lowest BCUT2D eigenvalue weighted by molar-refractivity contribution is -0.137. The Balaban J connectivity index is 3.04. The summed E-state index contributed by atoms with van der Waals surface area (Å²) in [5, 5.41) is 27.3. The maximum atomic E-state index is 10.7. The molecule has 0 aliphatic heterocycles. The summed E-state index contributed by atoms with van der Waals surface area (Å²) in [6.45, 7) is 3.99. The van der Waals surface area contributed by atoms with Crippen LogP contribution in [-0.4, -0.2) is 11.1 Å². The van der Waals surface area contributed by atoms with Crippen LogP contribution in [0.4, 0.5) is 0 Å². The number of nitrogens with zero attached hydrogens (tertiary/aromatic N) is 2. The van der Waals surface area contributed by atoms with E-state index in [1.54, 1.807) is 0 Å². The summed E-state index contributed by atoms with van der Waals surface area (Å²) >= 11 is 0. The molecule has 21 heavy (non-hydrogen) atoms. The van der Waals surface area contributed by atoms with Gasteiger partial charge in [-0.1, -0.05) is 44.2 Å². The Bertz CT molecular complexity index is 538. The molecule has 0 spiro atoms. The zero-order valence-corrected chi connectivity index (χ0v) is 12.4. The lowest BCUT2D eigenvalue weighted by Crippen LogP contribution is -2.28. The Morgan fingerprint density at radius 2 is 1.81 bits per heavy atom. The van der Waals surface area contributed by atoms with E-state index in [4.69, 9.17) is 5.11 Å². The van der Waals surface area contributed by atoms with Crippen molar-refractivity contribution in [2.75, 3.05) is 0 Å². The van der Waals surface area contributed by atoms with Gasteiger partial charge >= 0.3 is 5.97 Å². The van der Waals surface area contributed by atoms with Gasteiger partial charge < -0.3 is 5.11 Å². The van der Waals surface area contributed by atoms with Crippen LogP contribution in [0.3, 0.4) is 0 Å². The zero-order valence-electron chi connectivity index (χ0n) is 12.4. The van der Waals surface area contributed by atoms with Gasteiger partial charge in [0, 0.05) is 12.3 Å². The molecule has 1 rings (SSSR count). The normalized spacial score (nSPS) is 12.4. The molecule has 0 fully saturated rings. The highest BCUT2D eigenvalue weighted by Gasteiger charge is 2.36. The van der Waals surface area contributed by atoms with Gasteiger partial charge in [0.1, 0.15) is 5.92 Å². The quantitative estimate of drug-likeness (QED) is 0.827. The van der Waals surface area contributed by atoms with Crippen molar-refractivity contribution in [2.45, 2.75) is 39.0 Å². The molecule has 0 aromatic heterocycles. The van der Waals surface area contributed by atoms with Gasteiger partial charge in [0.15, 0.2) is 0 Å². The number of nitriles is 2. The average Bonchev–Trinajstić information content (AvgIpc) is 2.44. The fourth-order valence-electron chi connectivity index (χ4n) is 2.78. The minimum absolute atomic E-state index is 0.106. The third-order valence-corrected chi connectivity index (χ3v) is 3.82. The summed E-state index contributed by atoms with van der Waals surface area (Å²) in [5.74, 6) is -1.80. The maximum Gasteiger partial charge on any atom is 0.303 e. The van der Waals surface area contributed by atoms with Gasteiger partial charge in [0.2, 0.25) is 0 Å². The van der Waals surface area contributed by atoms with Crippen LogP contribution in [0, 0.1) is 34.0 Å². The van der Waals surface area contributed by atoms with Gasteiger partial charge in [0.25, 0.3) is 0 Å². The zero-order chi connectivity index (χ0) is 15.9. The molecule has 0 saturated heterocycles. The Hall–Kier alpha value is -2.33. The first kappa shape index (κ1) is 16.7. The van der Waals surface area contributed by atoms with Crippen LogP contribution in [0.15, 0.2) is 30.3 Å². The Labute approximate surface area is 125 Å². The molecule has 110 valence electrons. The minimum atomic E-state index is -0.820. The van der Waals surface area contributed by atoms with E-state index in [2.05, 4.69) is 12.1 Å². The van der Waals surface area contributed by atoms with E-state index in [0.29, 0.717) is 12.8 Å². The number of hydrogen-bond donors (Lipinski definition) is 1. The highest BCUT2D eigenvalue weighted by Crippen LogP contribution is 2.44. The number of rotatable bonds is 7. The summed E-state index contributed by atoms with van der Waals surface area (Å²) in [7, 11) is 0. The van der Waals surface area contributed by atoms with Crippen molar-refractivity contribution in [1.82, 2.24) is 0 Å². The predicted molar refractivity (Wildman–Crippen MR) is 79.2 cm³/mol. The Morgan fingerprint density at radius 1 is 1.24 bits per heavy atom. The molecule has 1 N–H and O–H groups in total.